The number of carbonyl (C=O) groups is 2. The summed E-state index contributed by atoms with van der Waals surface area (Å²) in [6.45, 7) is 8.74. The summed E-state index contributed by atoms with van der Waals surface area (Å²) in [5, 5.41) is 0. The van der Waals surface area contributed by atoms with E-state index in [0.29, 0.717) is 40.3 Å². The highest BCUT2D eigenvalue weighted by Crippen LogP contribution is 2.41. The molecule has 0 fully saturated rings. The van der Waals surface area contributed by atoms with Gasteiger partial charge in [-0.05, 0) is 47.7 Å². The van der Waals surface area contributed by atoms with Crippen LogP contribution < -0.4 is 4.74 Å². The summed E-state index contributed by atoms with van der Waals surface area (Å²) in [5.41, 5.74) is 4.53. The van der Waals surface area contributed by atoms with Crippen molar-refractivity contribution in [1.82, 2.24) is 4.40 Å². The number of aromatic nitrogens is 1. The van der Waals surface area contributed by atoms with Crippen LogP contribution in [-0.2, 0) is 16.8 Å². The second-order valence-electron chi connectivity index (χ2n) is 9.16. The van der Waals surface area contributed by atoms with Crippen LogP contribution >= 0.6 is 0 Å². The molecule has 174 valence electrons. The first-order valence-corrected chi connectivity index (χ1v) is 11.4. The predicted octanol–water partition coefficient (Wildman–Crippen LogP) is 6.47. The number of carbonyl (C=O) groups excluding carboxylic acids is 2. The van der Waals surface area contributed by atoms with Crippen molar-refractivity contribution < 1.29 is 19.1 Å². The van der Waals surface area contributed by atoms with Crippen molar-refractivity contribution in [2.75, 3.05) is 6.61 Å². The third kappa shape index (κ3) is 4.46. The van der Waals surface area contributed by atoms with E-state index in [1.165, 1.54) is 0 Å². The van der Waals surface area contributed by atoms with E-state index < -0.39 is 5.97 Å². The van der Waals surface area contributed by atoms with Crippen LogP contribution in [0.15, 0.2) is 72.9 Å². The van der Waals surface area contributed by atoms with Crippen molar-refractivity contribution in [1.29, 1.82) is 0 Å². The Bertz CT molecular complexity index is 1330. The number of pyridine rings is 1. The normalized spacial score (nSPS) is 11.4. The molecule has 0 radical (unpaired) electrons. The molecule has 0 aliphatic rings. The van der Waals surface area contributed by atoms with E-state index in [4.69, 9.17) is 9.47 Å². The molecule has 0 atom stereocenters. The van der Waals surface area contributed by atoms with Crippen molar-refractivity contribution in [3.63, 3.8) is 0 Å². The zero-order valence-corrected chi connectivity index (χ0v) is 20.0. The van der Waals surface area contributed by atoms with Crippen molar-refractivity contribution in [3.8, 4) is 16.9 Å². The molecule has 4 rings (SSSR count). The van der Waals surface area contributed by atoms with Gasteiger partial charge >= 0.3 is 5.97 Å². The van der Waals surface area contributed by atoms with Crippen LogP contribution in [-0.4, -0.2) is 23.3 Å². The predicted molar refractivity (Wildman–Crippen MR) is 134 cm³/mol. The van der Waals surface area contributed by atoms with Gasteiger partial charge < -0.3 is 13.9 Å². The van der Waals surface area contributed by atoms with E-state index in [9.17, 15) is 9.59 Å². The molecule has 5 heteroatoms. The molecule has 5 nitrogen and oxygen atoms in total. The maximum atomic E-state index is 13.2. The number of aldehydes is 1. The molecule has 0 aliphatic heterocycles. The first-order chi connectivity index (χ1) is 16.3. The standard InChI is InChI=1S/C29H29NO4/c1-5-33-28(32)27-23-13-9-10-16-30(23)24(18-31)26(27)22-17-21(29(2,3)4)14-15-25(22)34-19-20-11-7-6-8-12-20/h6-18H,5,19H2,1-4H3. The minimum absolute atomic E-state index is 0.142. The molecule has 2 aromatic carbocycles. The minimum atomic E-state index is -0.468. The molecule has 0 aliphatic carbocycles. The summed E-state index contributed by atoms with van der Waals surface area (Å²) >= 11 is 0. The average molecular weight is 456 g/mol. The number of ether oxygens (including phenoxy) is 2. The van der Waals surface area contributed by atoms with Gasteiger partial charge in [-0.15, -0.1) is 0 Å². The summed E-state index contributed by atoms with van der Waals surface area (Å²) in [4.78, 5) is 25.5. The Morgan fingerprint density at radius 2 is 1.74 bits per heavy atom. The lowest BCUT2D eigenvalue weighted by Gasteiger charge is -2.22. The molecular formula is C29H29NO4. The fraction of sp³-hybridized carbons (Fsp3) is 0.241. The van der Waals surface area contributed by atoms with Crippen LogP contribution in [0.25, 0.3) is 16.6 Å². The molecule has 0 N–H and O–H groups in total. The van der Waals surface area contributed by atoms with Gasteiger partial charge in [0.15, 0.2) is 6.29 Å². The Labute approximate surface area is 199 Å². The Hall–Kier alpha value is -3.86. The van der Waals surface area contributed by atoms with E-state index in [1.807, 2.05) is 66.7 Å². The van der Waals surface area contributed by atoms with Gasteiger partial charge in [0.2, 0.25) is 0 Å². The third-order valence-electron chi connectivity index (χ3n) is 5.82. The molecule has 2 aromatic heterocycles. The van der Waals surface area contributed by atoms with E-state index in [0.717, 1.165) is 17.4 Å². The van der Waals surface area contributed by atoms with Crippen molar-refractivity contribution in [2.24, 2.45) is 0 Å². The highest BCUT2D eigenvalue weighted by atomic mass is 16.5. The van der Waals surface area contributed by atoms with Gasteiger partial charge in [0, 0.05) is 17.3 Å². The van der Waals surface area contributed by atoms with Crippen LogP contribution in [0, 0.1) is 0 Å². The third-order valence-corrected chi connectivity index (χ3v) is 5.82. The quantitative estimate of drug-likeness (QED) is 0.237. The van der Waals surface area contributed by atoms with Crippen molar-refractivity contribution in [2.45, 2.75) is 39.7 Å². The summed E-state index contributed by atoms with van der Waals surface area (Å²) in [7, 11) is 0. The van der Waals surface area contributed by atoms with Crippen LogP contribution in [0.4, 0.5) is 0 Å². The van der Waals surface area contributed by atoms with Gasteiger partial charge in [0.05, 0.1) is 23.4 Å². The molecule has 0 saturated heterocycles. The summed E-state index contributed by atoms with van der Waals surface area (Å²) < 4.78 is 13.4. The van der Waals surface area contributed by atoms with Crippen LogP contribution in [0.2, 0.25) is 0 Å². The zero-order valence-electron chi connectivity index (χ0n) is 20.0. The van der Waals surface area contributed by atoms with Crippen molar-refractivity contribution in [3.05, 3.63) is 95.3 Å². The van der Waals surface area contributed by atoms with Gasteiger partial charge in [0.25, 0.3) is 0 Å². The Kier molecular flexibility index (Phi) is 6.55. The molecule has 4 aromatic rings. The topological polar surface area (TPSA) is 57.0 Å². The maximum Gasteiger partial charge on any atom is 0.340 e. The lowest BCUT2D eigenvalue weighted by Crippen LogP contribution is -2.12. The number of nitrogens with zero attached hydrogens (tertiary/aromatic N) is 1. The van der Waals surface area contributed by atoms with Gasteiger partial charge in [0.1, 0.15) is 12.4 Å². The highest BCUT2D eigenvalue weighted by molar-refractivity contribution is 6.10. The Morgan fingerprint density at radius 3 is 2.41 bits per heavy atom. The number of benzene rings is 2. The van der Waals surface area contributed by atoms with Gasteiger partial charge in [-0.25, -0.2) is 4.79 Å². The fourth-order valence-electron chi connectivity index (χ4n) is 4.08. The fourth-order valence-corrected chi connectivity index (χ4v) is 4.08. The van der Waals surface area contributed by atoms with Crippen LogP contribution in [0.5, 0.6) is 5.75 Å². The molecule has 0 spiro atoms. The second-order valence-corrected chi connectivity index (χ2v) is 9.16. The van der Waals surface area contributed by atoms with Crippen molar-refractivity contribution >= 4 is 17.8 Å². The van der Waals surface area contributed by atoms with E-state index >= 15 is 0 Å². The lowest BCUT2D eigenvalue weighted by atomic mass is 9.84. The summed E-state index contributed by atoms with van der Waals surface area (Å²) in [5.74, 6) is 0.130. The number of hydrogen-bond acceptors (Lipinski definition) is 4. The van der Waals surface area contributed by atoms with E-state index in [2.05, 4.69) is 20.8 Å². The second kappa shape index (κ2) is 9.56. The number of hydrogen-bond donors (Lipinski definition) is 0. The SMILES string of the molecule is CCOC(=O)c1c(-c2cc(C(C)(C)C)ccc2OCc2ccccc2)c(C=O)n2ccccc12. The maximum absolute atomic E-state index is 13.2. The molecule has 0 unspecified atom stereocenters. The van der Waals surface area contributed by atoms with Gasteiger partial charge in [-0.2, -0.15) is 0 Å². The lowest BCUT2D eigenvalue weighted by molar-refractivity contribution is 0.0529. The summed E-state index contributed by atoms with van der Waals surface area (Å²) in [6.07, 6.45) is 2.57. The molecule has 0 bridgehead atoms. The number of esters is 1. The average Bonchev–Trinajstić information content (AvgIpc) is 3.17. The first-order valence-electron chi connectivity index (χ1n) is 11.4. The monoisotopic (exact) mass is 455 g/mol. The van der Waals surface area contributed by atoms with Crippen LogP contribution in [0.1, 0.15) is 59.7 Å². The molecular weight excluding hydrogens is 426 g/mol. The molecule has 2 heterocycles. The highest BCUT2D eigenvalue weighted by Gasteiger charge is 2.28. The van der Waals surface area contributed by atoms with Crippen LogP contribution in [0.3, 0.4) is 0 Å². The number of fused-ring (bicyclic) bond motifs is 1. The zero-order chi connectivity index (χ0) is 24.3. The Balaban J connectivity index is 1.98. The number of rotatable bonds is 7. The van der Waals surface area contributed by atoms with E-state index in [-0.39, 0.29) is 12.0 Å². The molecule has 0 amide bonds. The Morgan fingerprint density at radius 1 is 1.00 bits per heavy atom. The first kappa shape index (κ1) is 23.3. The van der Waals surface area contributed by atoms with Gasteiger partial charge in [-0.1, -0.05) is 63.2 Å². The van der Waals surface area contributed by atoms with Gasteiger partial charge in [-0.3, -0.25) is 4.79 Å². The molecule has 0 saturated carbocycles. The smallest absolute Gasteiger partial charge is 0.340 e. The summed E-state index contributed by atoms with van der Waals surface area (Å²) in [6, 6.07) is 21.3. The molecule has 34 heavy (non-hydrogen) atoms. The largest absolute Gasteiger partial charge is 0.488 e. The van der Waals surface area contributed by atoms with E-state index in [1.54, 1.807) is 17.5 Å². The minimum Gasteiger partial charge on any atom is -0.488 e.